The molecule has 6 aliphatic rings. The Labute approximate surface area is 212 Å². The number of ether oxygens (including phenoxy) is 2. The maximum atomic E-state index is 14.2. The number of Topliss-reactive ketones (excluding diaryl/α,β-unsaturated/α-hetero) is 2. The lowest BCUT2D eigenvalue weighted by atomic mass is 9.56. The Morgan fingerprint density at radius 3 is 2.56 bits per heavy atom. The van der Waals surface area contributed by atoms with Gasteiger partial charge in [0.05, 0.1) is 29.5 Å². The molecule has 0 aromatic carbocycles. The summed E-state index contributed by atoms with van der Waals surface area (Å²) in [6.45, 7) is 3.63. The summed E-state index contributed by atoms with van der Waals surface area (Å²) in [7, 11) is 1.53. The number of fused-ring (bicyclic) bond motifs is 1. The van der Waals surface area contributed by atoms with Crippen molar-refractivity contribution in [2.75, 3.05) is 20.3 Å². The first-order valence-electron chi connectivity index (χ1n) is 13.9. The standard InChI is InChI=1S/C28H41NO7/c1-15(31)25(2)21-19(24(34)29-12-16-7-5-4-6-8-16)27-11-18(32)26(13-27,14-30)10-9-17(27)28(21)23(36-28)20(35-3)22(25)33/h16-17,19-23,30,33H,4-14H2,1-3H3,(H,29,34)/t17-,19-,20-,21-,22+,23-,25+,26+,27-,28+/m1/s1. The minimum atomic E-state index is -1.25. The summed E-state index contributed by atoms with van der Waals surface area (Å²) in [6.07, 6.45) is 5.48. The number of carbonyl (C=O) groups is 3. The minimum Gasteiger partial charge on any atom is -0.395 e. The number of hydrogen-bond donors (Lipinski definition) is 3. The van der Waals surface area contributed by atoms with Gasteiger partial charge in [0.25, 0.3) is 0 Å². The molecule has 1 amide bonds. The van der Waals surface area contributed by atoms with Crippen LogP contribution < -0.4 is 5.32 Å². The molecule has 2 bridgehead atoms. The fourth-order valence-electron chi connectivity index (χ4n) is 9.99. The summed E-state index contributed by atoms with van der Waals surface area (Å²) < 4.78 is 12.2. The quantitative estimate of drug-likeness (QED) is 0.472. The van der Waals surface area contributed by atoms with Crippen LogP contribution in [-0.4, -0.2) is 71.9 Å². The number of aliphatic hydroxyl groups excluding tert-OH is 2. The predicted octanol–water partition coefficient (Wildman–Crippen LogP) is 1.79. The highest BCUT2D eigenvalue weighted by Crippen LogP contribution is 2.80. The normalized spacial score (nSPS) is 51.3. The summed E-state index contributed by atoms with van der Waals surface area (Å²) >= 11 is 0. The molecule has 8 nitrogen and oxygen atoms in total. The van der Waals surface area contributed by atoms with Crippen molar-refractivity contribution in [3.8, 4) is 0 Å². The Kier molecular flexibility index (Phi) is 5.60. The smallest absolute Gasteiger partial charge is 0.224 e. The summed E-state index contributed by atoms with van der Waals surface area (Å²) in [6, 6.07) is 0. The number of methoxy groups -OCH3 is 1. The molecule has 5 aliphatic carbocycles. The molecule has 1 aliphatic heterocycles. The zero-order valence-corrected chi connectivity index (χ0v) is 21.8. The fraction of sp³-hybridized carbons (Fsp3) is 0.893. The molecule has 1 saturated heterocycles. The van der Waals surface area contributed by atoms with Crippen LogP contribution in [-0.2, 0) is 23.9 Å². The molecule has 0 unspecified atom stereocenters. The van der Waals surface area contributed by atoms with Crippen molar-refractivity contribution in [2.45, 2.75) is 95.5 Å². The van der Waals surface area contributed by atoms with Crippen LogP contribution in [0.3, 0.4) is 0 Å². The second kappa shape index (κ2) is 8.08. The van der Waals surface area contributed by atoms with Gasteiger partial charge in [0.15, 0.2) is 0 Å². The highest BCUT2D eigenvalue weighted by molar-refractivity contribution is 5.93. The van der Waals surface area contributed by atoms with Crippen molar-refractivity contribution in [1.82, 2.24) is 5.32 Å². The van der Waals surface area contributed by atoms with E-state index in [2.05, 4.69) is 5.32 Å². The lowest BCUT2D eigenvalue weighted by molar-refractivity contribution is -0.164. The molecular formula is C28H41NO7. The molecular weight excluding hydrogens is 462 g/mol. The first kappa shape index (κ1) is 25.0. The molecule has 3 N–H and O–H groups in total. The number of aliphatic hydroxyl groups is 2. The van der Waals surface area contributed by atoms with Crippen molar-refractivity contribution in [1.29, 1.82) is 0 Å². The Morgan fingerprint density at radius 2 is 1.92 bits per heavy atom. The van der Waals surface area contributed by atoms with E-state index >= 15 is 0 Å². The molecule has 0 aromatic heterocycles. The van der Waals surface area contributed by atoms with E-state index in [9.17, 15) is 24.6 Å². The van der Waals surface area contributed by atoms with E-state index in [4.69, 9.17) is 9.47 Å². The highest BCUT2D eigenvalue weighted by atomic mass is 16.6. The van der Waals surface area contributed by atoms with Crippen LogP contribution in [0.1, 0.15) is 71.6 Å². The largest absolute Gasteiger partial charge is 0.395 e. The highest BCUT2D eigenvalue weighted by Gasteiger charge is 2.89. The van der Waals surface area contributed by atoms with Gasteiger partial charge < -0.3 is 25.0 Å². The van der Waals surface area contributed by atoms with Gasteiger partial charge in [-0.1, -0.05) is 19.3 Å². The molecule has 0 radical (unpaired) electrons. The Hall–Kier alpha value is -1.35. The van der Waals surface area contributed by atoms with E-state index in [0.717, 1.165) is 12.8 Å². The summed E-state index contributed by atoms with van der Waals surface area (Å²) in [5, 5.41) is 25.1. The summed E-state index contributed by atoms with van der Waals surface area (Å²) in [5.74, 6) is -1.13. The number of nitrogens with one attached hydrogen (secondary N) is 1. The number of amides is 1. The van der Waals surface area contributed by atoms with Crippen LogP contribution >= 0.6 is 0 Å². The van der Waals surface area contributed by atoms with Crippen LogP contribution in [0.15, 0.2) is 0 Å². The van der Waals surface area contributed by atoms with Crippen LogP contribution in [0.4, 0.5) is 0 Å². The zero-order valence-electron chi connectivity index (χ0n) is 21.8. The van der Waals surface area contributed by atoms with E-state index in [-0.39, 0.29) is 36.4 Å². The van der Waals surface area contributed by atoms with Crippen LogP contribution in [0.2, 0.25) is 0 Å². The monoisotopic (exact) mass is 503 g/mol. The van der Waals surface area contributed by atoms with Gasteiger partial charge in [0.1, 0.15) is 29.4 Å². The topological polar surface area (TPSA) is 125 Å². The van der Waals surface area contributed by atoms with Gasteiger partial charge in [-0.25, -0.2) is 0 Å². The van der Waals surface area contributed by atoms with Crippen molar-refractivity contribution in [3.05, 3.63) is 0 Å². The van der Waals surface area contributed by atoms with E-state index in [0.29, 0.717) is 31.7 Å². The van der Waals surface area contributed by atoms with Crippen molar-refractivity contribution in [3.63, 3.8) is 0 Å². The molecule has 0 aromatic rings. The van der Waals surface area contributed by atoms with Gasteiger partial charge in [0.2, 0.25) is 5.91 Å². The first-order valence-corrected chi connectivity index (χ1v) is 13.9. The van der Waals surface area contributed by atoms with Gasteiger partial charge in [-0.2, -0.15) is 0 Å². The van der Waals surface area contributed by atoms with Crippen LogP contribution in [0.25, 0.3) is 0 Å². The summed E-state index contributed by atoms with van der Waals surface area (Å²) in [4.78, 5) is 41.0. The molecule has 8 heteroatoms. The van der Waals surface area contributed by atoms with Crippen LogP contribution in [0.5, 0.6) is 0 Å². The number of epoxide rings is 1. The van der Waals surface area contributed by atoms with E-state index < -0.39 is 52.0 Å². The second-order valence-electron chi connectivity index (χ2n) is 13.1. The molecule has 6 rings (SSSR count). The maximum Gasteiger partial charge on any atom is 0.224 e. The van der Waals surface area contributed by atoms with Crippen molar-refractivity contribution < 1.29 is 34.1 Å². The lowest BCUT2D eigenvalue weighted by Gasteiger charge is -2.48. The lowest BCUT2D eigenvalue weighted by Crippen LogP contribution is -2.63. The molecule has 6 fully saturated rings. The van der Waals surface area contributed by atoms with E-state index in [1.807, 2.05) is 0 Å². The molecule has 200 valence electrons. The summed E-state index contributed by atoms with van der Waals surface area (Å²) in [5.41, 5.74) is -3.54. The SMILES string of the molecule is CO[C@H]1[C@H]2O[C@]23[C@@H]2CC[C@@]4(CO)C[C@@]2(CC4=O)[C@@H](C(=O)NCC2CCCCC2)[C@@H]3[C@](C)(C(C)=O)[C@H]1O. The number of rotatable bonds is 6. The maximum absolute atomic E-state index is 14.2. The third-order valence-corrected chi connectivity index (χ3v) is 11.8. The number of hydrogen-bond acceptors (Lipinski definition) is 7. The predicted molar refractivity (Wildman–Crippen MR) is 129 cm³/mol. The van der Waals surface area contributed by atoms with E-state index in [1.165, 1.54) is 33.3 Å². The van der Waals surface area contributed by atoms with Gasteiger partial charge in [-0.15, -0.1) is 0 Å². The molecule has 5 saturated carbocycles. The Balaban J connectivity index is 1.45. The van der Waals surface area contributed by atoms with Crippen LogP contribution in [0, 0.1) is 39.9 Å². The second-order valence-corrected chi connectivity index (χ2v) is 13.1. The first-order chi connectivity index (χ1) is 17.1. The third kappa shape index (κ3) is 2.88. The average Bonchev–Trinajstić information content (AvgIpc) is 3.48. The molecule has 36 heavy (non-hydrogen) atoms. The van der Waals surface area contributed by atoms with Crippen molar-refractivity contribution in [2.24, 2.45) is 39.9 Å². The minimum absolute atomic E-state index is 0.0261. The van der Waals surface area contributed by atoms with Gasteiger partial charge in [-0.05, 0) is 63.2 Å². The van der Waals surface area contributed by atoms with Crippen molar-refractivity contribution >= 4 is 17.5 Å². The van der Waals surface area contributed by atoms with Gasteiger partial charge in [-0.3, -0.25) is 14.4 Å². The average molecular weight is 504 g/mol. The molecule has 2 spiro atoms. The Bertz CT molecular complexity index is 979. The molecule has 1 heterocycles. The third-order valence-electron chi connectivity index (χ3n) is 11.8. The Morgan fingerprint density at radius 1 is 1.19 bits per heavy atom. The zero-order chi connectivity index (χ0) is 25.7. The molecule has 10 atom stereocenters. The van der Waals surface area contributed by atoms with Gasteiger partial charge >= 0.3 is 0 Å². The fourth-order valence-corrected chi connectivity index (χ4v) is 9.99. The van der Waals surface area contributed by atoms with E-state index in [1.54, 1.807) is 6.92 Å². The number of ketones is 2. The number of carbonyl (C=O) groups excluding carboxylic acids is 3. The van der Waals surface area contributed by atoms with Gasteiger partial charge in [0, 0.05) is 26.0 Å².